The van der Waals surface area contributed by atoms with Gasteiger partial charge < -0.3 is 0 Å². The molecule has 2 nitrogen and oxygen atoms in total. The van der Waals surface area contributed by atoms with Crippen molar-refractivity contribution in [3.05, 3.63) is 0 Å². The van der Waals surface area contributed by atoms with Crippen LogP contribution in [0.3, 0.4) is 0 Å². The average Bonchev–Trinajstić information content (AvgIpc) is 1.82. The summed E-state index contributed by atoms with van der Waals surface area (Å²) >= 11 is 0. The Morgan fingerprint density at radius 3 is 2.18 bits per heavy atom. The van der Waals surface area contributed by atoms with E-state index in [0.717, 1.165) is 12.8 Å². The van der Waals surface area contributed by atoms with E-state index in [-0.39, 0.29) is 34.8 Å². The molecule has 0 spiro atoms. The Kier molecular flexibility index (Phi) is 9.71. The number of rotatable bonds is 5. The van der Waals surface area contributed by atoms with Crippen LogP contribution in [-0.4, -0.2) is 11.6 Å². The molecule has 0 rings (SSSR count). The van der Waals surface area contributed by atoms with Crippen molar-refractivity contribution in [1.29, 1.82) is 0 Å². The molecule has 0 aliphatic carbocycles. The van der Waals surface area contributed by atoms with E-state index in [1.807, 2.05) is 6.92 Å². The normalized spacial score (nSPS) is 8.55. The summed E-state index contributed by atoms with van der Waals surface area (Å²) in [5.74, 6) is 0.0513. The standard InChI is InChI=1S/C8H14O2.Co/c1-3-4-5-8(10)6-7(2)9;/h3-6H2,1-2H3;. The van der Waals surface area contributed by atoms with E-state index in [1.165, 1.54) is 6.92 Å². The van der Waals surface area contributed by atoms with Gasteiger partial charge in [-0.2, -0.15) is 0 Å². The van der Waals surface area contributed by atoms with Crippen molar-refractivity contribution in [3.8, 4) is 0 Å². The van der Waals surface area contributed by atoms with Gasteiger partial charge in [-0.1, -0.05) is 13.3 Å². The molecule has 0 aromatic carbocycles. The predicted octanol–water partition coefficient (Wildman–Crippen LogP) is 1.72. The number of unbranched alkanes of at least 4 members (excludes halogenated alkanes) is 1. The van der Waals surface area contributed by atoms with E-state index >= 15 is 0 Å². The number of ketones is 2. The summed E-state index contributed by atoms with van der Waals surface area (Å²) in [5.41, 5.74) is 0. The molecule has 0 amide bonds. The molecule has 1 radical (unpaired) electrons. The van der Waals surface area contributed by atoms with Crippen LogP contribution in [0.2, 0.25) is 0 Å². The summed E-state index contributed by atoms with van der Waals surface area (Å²) in [6.45, 7) is 3.48. The molecule has 0 saturated carbocycles. The fourth-order valence-electron chi connectivity index (χ4n) is 0.740. The first-order chi connectivity index (χ1) is 4.66. The van der Waals surface area contributed by atoms with E-state index in [9.17, 15) is 9.59 Å². The number of hydrogen-bond acceptors (Lipinski definition) is 2. The number of hydrogen-bond donors (Lipinski definition) is 0. The minimum Gasteiger partial charge on any atom is -0.300 e. The maximum atomic E-state index is 10.8. The van der Waals surface area contributed by atoms with Crippen LogP contribution in [0.4, 0.5) is 0 Å². The van der Waals surface area contributed by atoms with Crippen molar-refractivity contribution < 1.29 is 26.4 Å². The SMILES string of the molecule is CCCCC(=O)CC(C)=O.[Co]. The molecule has 0 heterocycles. The van der Waals surface area contributed by atoms with Crippen LogP contribution >= 0.6 is 0 Å². The topological polar surface area (TPSA) is 34.1 Å². The van der Waals surface area contributed by atoms with E-state index in [4.69, 9.17) is 0 Å². The minimum absolute atomic E-state index is 0. The molecular weight excluding hydrogens is 187 g/mol. The Balaban J connectivity index is 0. The van der Waals surface area contributed by atoms with Gasteiger partial charge in [0, 0.05) is 23.2 Å². The molecule has 0 aromatic heterocycles. The zero-order valence-electron chi connectivity index (χ0n) is 6.98. The Bertz CT molecular complexity index is 132. The van der Waals surface area contributed by atoms with Crippen LogP contribution in [0.25, 0.3) is 0 Å². The summed E-state index contributed by atoms with van der Waals surface area (Å²) in [7, 11) is 0. The van der Waals surface area contributed by atoms with Gasteiger partial charge in [0.2, 0.25) is 0 Å². The molecule has 67 valence electrons. The third-order valence-corrected chi connectivity index (χ3v) is 1.26. The molecule has 11 heavy (non-hydrogen) atoms. The molecule has 0 unspecified atom stereocenters. The first-order valence-electron chi connectivity index (χ1n) is 3.68. The predicted molar refractivity (Wildman–Crippen MR) is 39.8 cm³/mol. The zero-order valence-corrected chi connectivity index (χ0v) is 8.02. The third kappa shape index (κ3) is 9.85. The van der Waals surface area contributed by atoms with Gasteiger partial charge in [-0.25, -0.2) is 0 Å². The monoisotopic (exact) mass is 201 g/mol. The van der Waals surface area contributed by atoms with Gasteiger partial charge in [-0.15, -0.1) is 0 Å². The van der Waals surface area contributed by atoms with Crippen LogP contribution in [0, 0.1) is 0 Å². The van der Waals surface area contributed by atoms with Crippen LogP contribution in [0.1, 0.15) is 39.5 Å². The van der Waals surface area contributed by atoms with Gasteiger partial charge in [0.05, 0.1) is 6.42 Å². The van der Waals surface area contributed by atoms with Crippen LogP contribution in [0.5, 0.6) is 0 Å². The second kappa shape index (κ2) is 7.95. The molecule has 0 bridgehead atoms. The van der Waals surface area contributed by atoms with Crippen molar-refractivity contribution >= 4 is 11.6 Å². The first kappa shape index (κ1) is 13.4. The van der Waals surface area contributed by atoms with Gasteiger partial charge in [0.1, 0.15) is 11.6 Å². The number of carbonyl (C=O) groups excluding carboxylic acids is 2. The molecule has 0 aliphatic rings. The zero-order chi connectivity index (χ0) is 7.98. The van der Waals surface area contributed by atoms with Gasteiger partial charge in [-0.3, -0.25) is 9.59 Å². The fourth-order valence-corrected chi connectivity index (χ4v) is 0.740. The van der Waals surface area contributed by atoms with Crippen molar-refractivity contribution in [2.75, 3.05) is 0 Å². The molecule has 0 atom stereocenters. The number of Topliss-reactive ketones (excluding diaryl/α,β-unsaturated/α-hetero) is 2. The van der Waals surface area contributed by atoms with Crippen LogP contribution in [0.15, 0.2) is 0 Å². The Morgan fingerprint density at radius 2 is 1.82 bits per heavy atom. The summed E-state index contributed by atoms with van der Waals surface area (Å²) in [4.78, 5) is 21.2. The Labute approximate surface area is 77.9 Å². The van der Waals surface area contributed by atoms with E-state index in [0.29, 0.717) is 6.42 Å². The maximum absolute atomic E-state index is 10.8. The second-order valence-electron chi connectivity index (χ2n) is 2.52. The molecule has 3 heteroatoms. The first-order valence-corrected chi connectivity index (χ1v) is 3.68. The Morgan fingerprint density at radius 1 is 1.27 bits per heavy atom. The largest absolute Gasteiger partial charge is 0.300 e. The molecule has 0 fully saturated rings. The molecule has 0 saturated heterocycles. The van der Waals surface area contributed by atoms with Crippen molar-refractivity contribution in [2.45, 2.75) is 39.5 Å². The Hall–Kier alpha value is -0.154. The molecule has 0 N–H and O–H groups in total. The molecule has 0 aliphatic heterocycles. The van der Waals surface area contributed by atoms with Gasteiger partial charge in [0.25, 0.3) is 0 Å². The van der Waals surface area contributed by atoms with Crippen molar-refractivity contribution in [2.24, 2.45) is 0 Å². The average molecular weight is 201 g/mol. The van der Waals surface area contributed by atoms with Crippen LogP contribution in [-0.2, 0) is 26.4 Å². The molecular formula is C8H14CoO2. The fraction of sp³-hybridized carbons (Fsp3) is 0.750. The second-order valence-corrected chi connectivity index (χ2v) is 2.52. The third-order valence-electron chi connectivity index (χ3n) is 1.26. The maximum Gasteiger partial charge on any atom is 0.140 e. The van der Waals surface area contributed by atoms with E-state index in [1.54, 1.807) is 0 Å². The van der Waals surface area contributed by atoms with Gasteiger partial charge in [0.15, 0.2) is 0 Å². The summed E-state index contributed by atoms with van der Waals surface area (Å²) in [6.07, 6.45) is 2.62. The number of carbonyl (C=O) groups is 2. The van der Waals surface area contributed by atoms with E-state index in [2.05, 4.69) is 0 Å². The van der Waals surface area contributed by atoms with Crippen LogP contribution < -0.4 is 0 Å². The van der Waals surface area contributed by atoms with Crippen molar-refractivity contribution in [1.82, 2.24) is 0 Å². The summed E-state index contributed by atoms with van der Waals surface area (Å²) < 4.78 is 0. The van der Waals surface area contributed by atoms with Crippen molar-refractivity contribution in [3.63, 3.8) is 0 Å². The summed E-state index contributed by atoms with van der Waals surface area (Å²) in [6, 6.07) is 0. The van der Waals surface area contributed by atoms with Gasteiger partial charge in [-0.05, 0) is 13.3 Å². The van der Waals surface area contributed by atoms with E-state index < -0.39 is 0 Å². The minimum atomic E-state index is -0.0268. The quantitative estimate of drug-likeness (QED) is 0.634. The molecule has 0 aromatic rings. The summed E-state index contributed by atoms with van der Waals surface area (Å²) in [5, 5.41) is 0. The van der Waals surface area contributed by atoms with Gasteiger partial charge >= 0.3 is 0 Å². The smallest absolute Gasteiger partial charge is 0.140 e.